The molecular weight excluding hydrogens is 214 g/mol. The summed E-state index contributed by atoms with van der Waals surface area (Å²) in [6.45, 7) is 13.6. The van der Waals surface area contributed by atoms with E-state index in [4.69, 9.17) is 4.74 Å². The normalized spacial score (nSPS) is 17.1. The van der Waals surface area contributed by atoms with Gasteiger partial charge in [0, 0.05) is 6.54 Å². The molecule has 0 N–H and O–H groups in total. The third kappa shape index (κ3) is 3.62. The van der Waals surface area contributed by atoms with Crippen molar-refractivity contribution in [1.29, 1.82) is 0 Å². The molecule has 1 saturated carbocycles. The Morgan fingerprint density at radius 1 is 1.35 bits per heavy atom. The first-order chi connectivity index (χ1) is 7.84. The van der Waals surface area contributed by atoms with Crippen LogP contribution in [0.3, 0.4) is 0 Å². The first-order valence-corrected chi connectivity index (χ1v) is 6.07. The van der Waals surface area contributed by atoms with E-state index in [1.54, 1.807) is 11.0 Å². The predicted octanol–water partition coefficient (Wildman–Crippen LogP) is 3.52. The molecule has 0 aromatic rings. The van der Waals surface area contributed by atoms with Gasteiger partial charge in [-0.3, -0.25) is 4.90 Å². The first kappa shape index (κ1) is 13.8. The maximum atomic E-state index is 12.1. The summed E-state index contributed by atoms with van der Waals surface area (Å²) in [7, 11) is 0. The molecule has 96 valence electrons. The van der Waals surface area contributed by atoms with E-state index in [1.807, 2.05) is 26.8 Å². The number of rotatable bonds is 5. The SMILES string of the molecule is C=CCN(C(=O)OC(C)(C)C)C1(CC=C)CC1. The molecule has 0 aromatic heterocycles. The quantitative estimate of drug-likeness (QED) is 0.685. The zero-order valence-electron chi connectivity index (χ0n) is 11.2. The summed E-state index contributed by atoms with van der Waals surface area (Å²) in [5, 5.41) is 0. The standard InChI is InChI=1S/C14H23NO2/c1-6-8-14(9-10-14)15(11-7-2)12(16)17-13(3,4)5/h6-7H,1-2,8-11H2,3-5H3. The molecule has 0 aliphatic heterocycles. The summed E-state index contributed by atoms with van der Waals surface area (Å²) >= 11 is 0. The smallest absolute Gasteiger partial charge is 0.411 e. The van der Waals surface area contributed by atoms with E-state index in [1.165, 1.54) is 0 Å². The molecule has 0 saturated heterocycles. The van der Waals surface area contributed by atoms with Crippen molar-refractivity contribution in [2.24, 2.45) is 0 Å². The molecule has 1 amide bonds. The second kappa shape index (κ2) is 4.94. The Morgan fingerprint density at radius 2 is 1.94 bits per heavy atom. The summed E-state index contributed by atoms with van der Waals surface area (Å²) in [4.78, 5) is 13.9. The Labute approximate surface area is 104 Å². The van der Waals surface area contributed by atoms with Crippen LogP contribution in [0.25, 0.3) is 0 Å². The van der Waals surface area contributed by atoms with Gasteiger partial charge >= 0.3 is 6.09 Å². The molecule has 3 heteroatoms. The Morgan fingerprint density at radius 3 is 2.29 bits per heavy atom. The topological polar surface area (TPSA) is 29.5 Å². The van der Waals surface area contributed by atoms with Gasteiger partial charge < -0.3 is 4.74 Å². The van der Waals surface area contributed by atoms with Crippen LogP contribution in [0.15, 0.2) is 25.3 Å². The van der Waals surface area contributed by atoms with Crippen molar-refractivity contribution in [1.82, 2.24) is 4.90 Å². The van der Waals surface area contributed by atoms with Crippen molar-refractivity contribution in [3.8, 4) is 0 Å². The molecule has 3 nitrogen and oxygen atoms in total. The van der Waals surface area contributed by atoms with Crippen LogP contribution in [-0.2, 0) is 4.74 Å². The van der Waals surface area contributed by atoms with Crippen molar-refractivity contribution in [3.05, 3.63) is 25.3 Å². The molecule has 1 aliphatic carbocycles. The molecule has 0 heterocycles. The second-order valence-corrected chi connectivity index (χ2v) is 5.60. The lowest BCUT2D eigenvalue weighted by molar-refractivity contribution is 0.0160. The predicted molar refractivity (Wildman–Crippen MR) is 69.9 cm³/mol. The number of carbonyl (C=O) groups is 1. The van der Waals surface area contributed by atoms with Crippen molar-refractivity contribution >= 4 is 6.09 Å². The van der Waals surface area contributed by atoms with E-state index in [2.05, 4.69) is 13.2 Å². The van der Waals surface area contributed by atoms with Crippen LogP contribution in [0.5, 0.6) is 0 Å². The average molecular weight is 237 g/mol. The van der Waals surface area contributed by atoms with Gasteiger partial charge in [0.15, 0.2) is 0 Å². The van der Waals surface area contributed by atoms with E-state index in [9.17, 15) is 4.79 Å². The van der Waals surface area contributed by atoms with Crippen LogP contribution >= 0.6 is 0 Å². The summed E-state index contributed by atoms with van der Waals surface area (Å²) in [6, 6.07) is 0. The minimum absolute atomic E-state index is 0.0712. The minimum atomic E-state index is -0.458. The molecule has 0 unspecified atom stereocenters. The highest BCUT2D eigenvalue weighted by molar-refractivity contribution is 5.70. The molecule has 0 spiro atoms. The zero-order chi connectivity index (χ0) is 13.1. The molecule has 17 heavy (non-hydrogen) atoms. The fourth-order valence-electron chi connectivity index (χ4n) is 1.91. The van der Waals surface area contributed by atoms with Crippen LogP contribution in [0.1, 0.15) is 40.0 Å². The largest absolute Gasteiger partial charge is 0.444 e. The fourth-order valence-corrected chi connectivity index (χ4v) is 1.91. The number of hydrogen-bond acceptors (Lipinski definition) is 2. The average Bonchev–Trinajstić information content (AvgIpc) is 2.92. The Hall–Kier alpha value is -1.25. The van der Waals surface area contributed by atoms with Crippen molar-refractivity contribution in [2.45, 2.75) is 51.2 Å². The van der Waals surface area contributed by atoms with Crippen molar-refractivity contribution in [3.63, 3.8) is 0 Å². The van der Waals surface area contributed by atoms with Crippen molar-refractivity contribution in [2.75, 3.05) is 6.54 Å². The molecule has 0 aromatic carbocycles. The molecule has 0 atom stereocenters. The van der Waals surface area contributed by atoms with E-state index in [0.29, 0.717) is 6.54 Å². The van der Waals surface area contributed by atoms with Gasteiger partial charge in [-0.05, 0) is 40.0 Å². The molecule has 0 bridgehead atoms. The van der Waals surface area contributed by atoms with Gasteiger partial charge in [0.05, 0.1) is 5.54 Å². The van der Waals surface area contributed by atoms with Gasteiger partial charge in [0.2, 0.25) is 0 Å². The first-order valence-electron chi connectivity index (χ1n) is 6.07. The number of ether oxygens (including phenoxy) is 1. The molecule has 0 radical (unpaired) electrons. The Bertz CT molecular complexity index is 311. The highest BCUT2D eigenvalue weighted by Gasteiger charge is 2.49. The maximum absolute atomic E-state index is 12.1. The van der Waals surface area contributed by atoms with Gasteiger partial charge in [-0.15, -0.1) is 13.2 Å². The van der Waals surface area contributed by atoms with Gasteiger partial charge in [0.25, 0.3) is 0 Å². The van der Waals surface area contributed by atoms with E-state index < -0.39 is 5.60 Å². The highest BCUT2D eigenvalue weighted by atomic mass is 16.6. The van der Waals surface area contributed by atoms with Gasteiger partial charge in [0.1, 0.15) is 5.60 Å². The molecule has 1 rings (SSSR count). The highest BCUT2D eigenvalue weighted by Crippen LogP contribution is 2.45. The fraction of sp³-hybridized carbons (Fsp3) is 0.643. The van der Waals surface area contributed by atoms with Gasteiger partial charge in [-0.25, -0.2) is 4.79 Å². The van der Waals surface area contributed by atoms with Crippen molar-refractivity contribution < 1.29 is 9.53 Å². The lowest BCUT2D eigenvalue weighted by Gasteiger charge is -2.32. The summed E-state index contributed by atoms with van der Waals surface area (Å²) in [5.41, 5.74) is -0.529. The monoisotopic (exact) mass is 237 g/mol. The lowest BCUT2D eigenvalue weighted by Crippen LogP contribution is -2.44. The second-order valence-electron chi connectivity index (χ2n) is 5.60. The lowest BCUT2D eigenvalue weighted by atomic mass is 10.1. The maximum Gasteiger partial charge on any atom is 0.411 e. The minimum Gasteiger partial charge on any atom is -0.444 e. The molecule has 1 fully saturated rings. The number of hydrogen-bond donors (Lipinski definition) is 0. The van der Waals surface area contributed by atoms with E-state index in [-0.39, 0.29) is 11.6 Å². The van der Waals surface area contributed by atoms with Crippen LogP contribution in [0.2, 0.25) is 0 Å². The third-order valence-corrected chi connectivity index (χ3v) is 2.85. The van der Waals surface area contributed by atoms with Gasteiger partial charge in [-0.2, -0.15) is 0 Å². The van der Waals surface area contributed by atoms with Crippen LogP contribution in [-0.4, -0.2) is 28.7 Å². The summed E-state index contributed by atoms with van der Waals surface area (Å²) < 4.78 is 5.43. The Kier molecular flexibility index (Phi) is 4.02. The third-order valence-electron chi connectivity index (χ3n) is 2.85. The number of nitrogens with zero attached hydrogens (tertiary/aromatic N) is 1. The van der Waals surface area contributed by atoms with E-state index in [0.717, 1.165) is 19.3 Å². The molecule has 1 aliphatic rings. The molecular formula is C14H23NO2. The number of amides is 1. The number of carbonyl (C=O) groups excluding carboxylic acids is 1. The Balaban J connectivity index is 2.75. The van der Waals surface area contributed by atoms with E-state index >= 15 is 0 Å². The van der Waals surface area contributed by atoms with Crippen LogP contribution in [0.4, 0.5) is 4.79 Å². The van der Waals surface area contributed by atoms with Crippen LogP contribution in [0, 0.1) is 0 Å². The summed E-state index contributed by atoms with van der Waals surface area (Å²) in [5.74, 6) is 0. The zero-order valence-corrected chi connectivity index (χ0v) is 11.2. The van der Waals surface area contributed by atoms with Crippen LogP contribution < -0.4 is 0 Å². The van der Waals surface area contributed by atoms with Gasteiger partial charge in [-0.1, -0.05) is 12.2 Å². The summed E-state index contributed by atoms with van der Waals surface area (Å²) in [6.07, 6.45) is 6.22.